The van der Waals surface area contributed by atoms with Crippen LogP contribution in [-0.2, 0) is 4.79 Å². The van der Waals surface area contributed by atoms with Gasteiger partial charge in [0.05, 0.1) is 0 Å². The normalized spacial score (nSPS) is 15.3. The molecule has 0 bridgehead atoms. The first-order valence-corrected chi connectivity index (χ1v) is 4.70. The average molecular weight is 239 g/mol. The minimum absolute atomic E-state index is 0.0820. The molecule has 1 rings (SSSR count). The lowest BCUT2D eigenvalue weighted by Gasteiger charge is -2.15. The summed E-state index contributed by atoms with van der Waals surface area (Å²) in [6.45, 7) is 0. The van der Waals surface area contributed by atoms with Crippen LogP contribution < -0.4 is 11.5 Å². The van der Waals surface area contributed by atoms with Gasteiger partial charge in [0.25, 0.3) is 0 Å². The van der Waals surface area contributed by atoms with Gasteiger partial charge >= 0.3 is 0 Å². The zero-order valence-electron chi connectivity index (χ0n) is 8.82. The molecule has 0 aliphatic heterocycles. The number of primary amides is 1. The maximum Gasteiger partial charge on any atom is 0.249 e. The summed E-state index contributed by atoms with van der Waals surface area (Å²) in [6.07, 6.45) is -3.08. The largest absolute Gasteiger partial charge is 0.409 e. The van der Waals surface area contributed by atoms with Crippen molar-refractivity contribution in [2.24, 2.45) is 16.6 Å². The summed E-state index contributed by atoms with van der Waals surface area (Å²) >= 11 is 0. The zero-order valence-corrected chi connectivity index (χ0v) is 8.82. The second-order valence-electron chi connectivity index (χ2n) is 3.40. The maximum atomic E-state index is 10.7. The minimum Gasteiger partial charge on any atom is -0.409 e. The van der Waals surface area contributed by atoms with E-state index in [1.54, 1.807) is 0 Å². The Morgan fingerprint density at radius 2 is 1.71 bits per heavy atom. The van der Waals surface area contributed by atoms with Gasteiger partial charge in [0.15, 0.2) is 11.9 Å². The third-order valence-corrected chi connectivity index (χ3v) is 2.25. The molecule has 1 amide bonds. The van der Waals surface area contributed by atoms with Crippen LogP contribution in [0.1, 0.15) is 17.2 Å². The van der Waals surface area contributed by atoms with E-state index in [4.69, 9.17) is 16.7 Å². The Labute approximate surface area is 97.0 Å². The third kappa shape index (κ3) is 2.92. The van der Waals surface area contributed by atoms with Crippen LogP contribution in [0.4, 0.5) is 0 Å². The van der Waals surface area contributed by atoms with Crippen LogP contribution in [0.2, 0.25) is 0 Å². The molecule has 92 valence electrons. The van der Waals surface area contributed by atoms with E-state index in [1.165, 1.54) is 24.3 Å². The Bertz CT molecular complexity index is 430. The number of nitrogens with two attached hydrogens (primary N) is 2. The number of carbonyl (C=O) groups is 1. The highest BCUT2D eigenvalue weighted by Gasteiger charge is 2.23. The summed E-state index contributed by atoms with van der Waals surface area (Å²) in [5, 5.41) is 30.1. The first kappa shape index (κ1) is 12.9. The summed E-state index contributed by atoms with van der Waals surface area (Å²) in [7, 11) is 0. The molecule has 0 radical (unpaired) electrons. The number of aliphatic hydroxyl groups excluding tert-OH is 2. The number of hydrogen-bond acceptors (Lipinski definition) is 5. The van der Waals surface area contributed by atoms with Gasteiger partial charge in [0.2, 0.25) is 5.91 Å². The molecule has 2 atom stereocenters. The van der Waals surface area contributed by atoms with Gasteiger partial charge in [0.1, 0.15) is 6.10 Å². The van der Waals surface area contributed by atoms with Crippen LogP contribution >= 0.6 is 0 Å². The maximum absolute atomic E-state index is 10.7. The summed E-state index contributed by atoms with van der Waals surface area (Å²) < 4.78 is 0. The second kappa shape index (κ2) is 5.28. The molecule has 7 nitrogen and oxygen atoms in total. The predicted octanol–water partition coefficient (Wildman–Crippen LogP) is -1.34. The molecule has 2 unspecified atom stereocenters. The first-order chi connectivity index (χ1) is 7.97. The van der Waals surface area contributed by atoms with Crippen molar-refractivity contribution < 1.29 is 20.2 Å². The fourth-order valence-corrected chi connectivity index (χ4v) is 1.25. The minimum atomic E-state index is -1.68. The Hall–Kier alpha value is -2.12. The lowest BCUT2D eigenvalue weighted by Crippen LogP contribution is -2.33. The van der Waals surface area contributed by atoms with Gasteiger partial charge in [-0.2, -0.15) is 0 Å². The van der Waals surface area contributed by atoms with Gasteiger partial charge in [-0.1, -0.05) is 29.4 Å². The predicted molar refractivity (Wildman–Crippen MR) is 59.1 cm³/mol. The molecule has 7 N–H and O–H groups in total. The lowest BCUT2D eigenvalue weighted by atomic mass is 10.0. The molecule has 0 aliphatic rings. The van der Waals surface area contributed by atoms with Gasteiger partial charge in [-0.3, -0.25) is 4.79 Å². The number of amidine groups is 1. The lowest BCUT2D eigenvalue weighted by molar-refractivity contribution is -0.131. The van der Waals surface area contributed by atoms with Crippen LogP contribution in [0.25, 0.3) is 0 Å². The van der Waals surface area contributed by atoms with E-state index in [2.05, 4.69) is 5.16 Å². The van der Waals surface area contributed by atoms with E-state index in [9.17, 15) is 15.0 Å². The molecule has 7 heteroatoms. The number of rotatable bonds is 4. The van der Waals surface area contributed by atoms with Crippen molar-refractivity contribution in [1.82, 2.24) is 0 Å². The molecule has 0 heterocycles. The van der Waals surface area contributed by atoms with Crippen LogP contribution in [0, 0.1) is 0 Å². The van der Waals surface area contributed by atoms with Gasteiger partial charge in [-0.15, -0.1) is 0 Å². The highest BCUT2D eigenvalue weighted by Crippen LogP contribution is 2.17. The van der Waals surface area contributed by atoms with Gasteiger partial charge in [-0.25, -0.2) is 0 Å². The molecule has 0 aromatic heterocycles. The highest BCUT2D eigenvalue weighted by molar-refractivity contribution is 5.97. The SMILES string of the molecule is NC(=O)C(O)C(O)c1ccc(C(N)=NO)cc1. The molecule has 0 fully saturated rings. The van der Waals surface area contributed by atoms with Crippen LogP contribution in [-0.4, -0.2) is 33.3 Å². The number of aliphatic hydroxyl groups is 2. The van der Waals surface area contributed by atoms with E-state index in [1.807, 2.05) is 0 Å². The number of benzene rings is 1. The van der Waals surface area contributed by atoms with Crippen molar-refractivity contribution in [1.29, 1.82) is 0 Å². The molecule has 17 heavy (non-hydrogen) atoms. The smallest absolute Gasteiger partial charge is 0.249 e. The summed E-state index contributed by atoms with van der Waals surface area (Å²) in [5.41, 5.74) is 10.9. The highest BCUT2D eigenvalue weighted by atomic mass is 16.4. The van der Waals surface area contributed by atoms with E-state index < -0.39 is 18.1 Å². The summed E-state index contributed by atoms with van der Waals surface area (Å²) in [6, 6.07) is 5.82. The Morgan fingerprint density at radius 1 is 1.18 bits per heavy atom. The number of hydrogen-bond donors (Lipinski definition) is 5. The van der Waals surface area contributed by atoms with Crippen molar-refractivity contribution in [3.63, 3.8) is 0 Å². The molecule has 1 aromatic carbocycles. The quantitative estimate of drug-likeness (QED) is 0.191. The van der Waals surface area contributed by atoms with Crippen molar-refractivity contribution in [2.75, 3.05) is 0 Å². The summed E-state index contributed by atoms with van der Waals surface area (Å²) in [5.74, 6) is -1.10. The molecular formula is C10H13N3O4. The first-order valence-electron chi connectivity index (χ1n) is 4.70. The Kier molecular flexibility index (Phi) is 4.02. The van der Waals surface area contributed by atoms with Crippen molar-refractivity contribution >= 4 is 11.7 Å². The molecule has 0 saturated carbocycles. The van der Waals surface area contributed by atoms with Crippen LogP contribution in [0.15, 0.2) is 29.4 Å². The third-order valence-electron chi connectivity index (χ3n) is 2.25. The van der Waals surface area contributed by atoms with Crippen molar-refractivity contribution in [3.8, 4) is 0 Å². The standard InChI is InChI=1S/C10H13N3O4/c11-9(13-17)6-3-1-5(2-4-6)7(14)8(15)10(12)16/h1-4,7-8,14-15,17H,(H2,11,13)(H2,12,16). The van der Waals surface area contributed by atoms with Gasteiger partial charge in [-0.05, 0) is 5.56 Å². The second-order valence-corrected chi connectivity index (χ2v) is 3.40. The van der Waals surface area contributed by atoms with Gasteiger partial charge in [0, 0.05) is 5.56 Å². The fourth-order valence-electron chi connectivity index (χ4n) is 1.25. The number of amides is 1. The van der Waals surface area contributed by atoms with E-state index in [-0.39, 0.29) is 5.84 Å². The molecular weight excluding hydrogens is 226 g/mol. The average Bonchev–Trinajstić information content (AvgIpc) is 2.36. The number of nitrogens with zero attached hydrogens (tertiary/aromatic N) is 1. The van der Waals surface area contributed by atoms with E-state index >= 15 is 0 Å². The van der Waals surface area contributed by atoms with Crippen molar-refractivity contribution in [2.45, 2.75) is 12.2 Å². The van der Waals surface area contributed by atoms with Gasteiger partial charge < -0.3 is 26.9 Å². The topological polar surface area (TPSA) is 142 Å². The van der Waals surface area contributed by atoms with E-state index in [0.29, 0.717) is 11.1 Å². The fraction of sp³-hybridized carbons (Fsp3) is 0.200. The van der Waals surface area contributed by atoms with Crippen LogP contribution in [0.5, 0.6) is 0 Å². The molecule has 1 aromatic rings. The molecule has 0 spiro atoms. The summed E-state index contributed by atoms with van der Waals surface area (Å²) in [4.78, 5) is 10.7. The Balaban J connectivity index is 2.91. The number of carbonyl (C=O) groups excluding carboxylic acids is 1. The molecule has 0 saturated heterocycles. The number of oxime groups is 1. The van der Waals surface area contributed by atoms with E-state index in [0.717, 1.165) is 0 Å². The zero-order chi connectivity index (χ0) is 13.0. The Morgan fingerprint density at radius 3 is 2.12 bits per heavy atom. The van der Waals surface area contributed by atoms with Crippen LogP contribution in [0.3, 0.4) is 0 Å². The monoisotopic (exact) mass is 239 g/mol. The molecule has 0 aliphatic carbocycles. The van der Waals surface area contributed by atoms with Crippen molar-refractivity contribution in [3.05, 3.63) is 35.4 Å².